The van der Waals surface area contributed by atoms with Gasteiger partial charge in [0.25, 0.3) is 0 Å². The monoisotopic (exact) mass is 2240 g/mol. The minimum atomic E-state index is -1.11. The summed E-state index contributed by atoms with van der Waals surface area (Å²) in [6.07, 6.45) is 2.61. The zero-order valence-corrected chi connectivity index (χ0v) is 95.1. The number of esters is 2. The molecule has 44 heteroatoms. The van der Waals surface area contributed by atoms with Crippen molar-refractivity contribution in [1.82, 2.24) is 84.2 Å². The van der Waals surface area contributed by atoms with Gasteiger partial charge in [0.1, 0.15) is 107 Å². The van der Waals surface area contributed by atoms with Crippen molar-refractivity contribution in [3.63, 3.8) is 0 Å². The number of anilines is 3. The van der Waals surface area contributed by atoms with Crippen molar-refractivity contribution in [2.24, 2.45) is 5.73 Å². The fourth-order valence-corrected chi connectivity index (χ4v) is 17.7. The number of aliphatic hydroxyl groups excluding tert-OH is 1. The van der Waals surface area contributed by atoms with E-state index in [-0.39, 0.29) is 40.7 Å². The van der Waals surface area contributed by atoms with E-state index in [1.165, 1.54) is 33.2 Å². The van der Waals surface area contributed by atoms with E-state index in [9.17, 15) is 18.8 Å². The summed E-state index contributed by atoms with van der Waals surface area (Å²) >= 11 is 33.4. The Labute approximate surface area is 915 Å². The van der Waals surface area contributed by atoms with Crippen LogP contribution in [0, 0.1) is 0 Å². The van der Waals surface area contributed by atoms with E-state index in [1.807, 2.05) is 198 Å². The number of carbonyl (C=O) groups is 3. The number of carbonyl (C=O) groups excluding carboxylic acids is 3. The Morgan fingerprint density at radius 2 is 0.887 bits per heavy atom. The Bertz CT molecular complexity index is 6550. The molecule has 12 N–H and O–H groups in total. The first-order valence-corrected chi connectivity index (χ1v) is 60.7. The van der Waals surface area contributed by atoms with E-state index < -0.39 is 34.5 Å². The number of benzene rings is 6. The van der Waals surface area contributed by atoms with Crippen LogP contribution in [0.2, 0.25) is 66.8 Å². The number of aldehydes is 1. The number of nitrogens with two attached hydrogens (primary N) is 3. The number of nitrogens with zero attached hydrogens (tertiary/aromatic N) is 13. The minimum absolute atomic E-state index is 0.0409. The Morgan fingerprint density at radius 1 is 0.480 bits per heavy atom. The fourth-order valence-electron chi connectivity index (χ4n) is 13.3. The number of para-hydroxylation sites is 12. The molecule has 17 rings (SSSR count). The largest absolute Gasteiger partial charge is 0.460 e. The number of hydrogen-bond donors (Lipinski definition) is 9. The molecule has 0 saturated carbocycles. The average molecular weight is 2250 g/mol. The van der Waals surface area contributed by atoms with E-state index in [2.05, 4.69) is 159 Å². The molecule has 33 nitrogen and oxygen atoms in total. The molecule has 6 aromatic carbocycles. The van der Waals surface area contributed by atoms with Crippen LogP contribution in [0.15, 0.2) is 210 Å². The first-order chi connectivity index (χ1) is 72.4. The number of alkyl halides is 3. The molecule has 808 valence electrons. The van der Waals surface area contributed by atoms with E-state index in [1.54, 1.807) is 34.8 Å². The van der Waals surface area contributed by atoms with Gasteiger partial charge in [0, 0.05) is 103 Å². The van der Waals surface area contributed by atoms with Crippen molar-refractivity contribution in [2.45, 2.75) is 195 Å². The van der Waals surface area contributed by atoms with Gasteiger partial charge in [0.2, 0.25) is 11.9 Å². The summed E-state index contributed by atoms with van der Waals surface area (Å²) in [4.78, 5) is 93.0. The lowest BCUT2D eigenvalue weighted by Gasteiger charge is -2.23. The lowest BCUT2D eigenvalue weighted by atomic mass is 10.2. The van der Waals surface area contributed by atoms with Gasteiger partial charge in [-0.2, -0.15) is 4.98 Å². The van der Waals surface area contributed by atoms with Crippen LogP contribution in [0.4, 0.5) is 22.1 Å². The van der Waals surface area contributed by atoms with Crippen LogP contribution < -0.4 is 27.4 Å². The lowest BCUT2D eigenvalue weighted by Crippen LogP contribution is -2.28. The normalized spacial score (nSPS) is 11.3. The number of rotatable bonds is 41. The third-order valence-electron chi connectivity index (χ3n) is 20.3. The summed E-state index contributed by atoms with van der Waals surface area (Å²) in [7, 11) is -3.14. The molecule has 0 atom stereocenters. The van der Waals surface area contributed by atoms with Gasteiger partial charge in [-0.05, 0) is 174 Å². The molecule has 17 aromatic rings. The minimum Gasteiger partial charge on any atom is -0.460 e. The third kappa shape index (κ3) is 48.2. The molecule has 0 spiro atoms. The number of imidazole rings is 6. The molecule has 0 radical (unpaired) electrons. The zero-order valence-electron chi connectivity index (χ0n) is 87.9. The van der Waals surface area contributed by atoms with Gasteiger partial charge in [-0.15, -0.1) is 57.2 Å². The maximum Gasteiger partial charge on any atom is 0.306 e. The number of halogens is 6. The predicted molar refractivity (Wildman–Crippen MR) is 612 cm³/mol. The van der Waals surface area contributed by atoms with Crippen molar-refractivity contribution >= 4 is 210 Å². The smallest absolute Gasteiger partial charge is 0.306 e. The molecule has 0 bridgehead atoms. The molecule has 150 heavy (non-hydrogen) atoms. The van der Waals surface area contributed by atoms with Gasteiger partial charge in [-0.1, -0.05) is 165 Å². The number of nitrogens with one attached hydrogen (secondary N) is 5. The molecule has 0 amide bonds. The standard InChI is InChI=1S/C22H36N2O4Si.C19H19ClN6OS.C15H17N3OS.C14H21ClN2OSi.C10H13N3O.C8H7ClN2.C8H16O3.C5H4OS.C4H3Cl2N3.CH3F/c1-22(2,3)28-21(25)12-9-13-26-16-20-23-18-10-7-8-11-19(18)24(20)17-27-14-15-29(4,5)6;20-16-10-18(25-19(21)24-16)26(11-13-4-3-9-28-13)7-8-27-12-17-22-14-5-1-2-6-15(14)23-17;1-2-6-14-13(5-1)17-15(18-14)11-19-8-7-16-10-12-4-3-9-20-12;1-19(2,3)9-8-18-11-17-13-7-5-4-6-12(13)16-14(17)10-15;11-5-6-14-7-10-12-8-3-1-2-4-9(8)13-10;9-5-8-10-6-3-1-2-4-7(6)11-8;1-8(2,3)11-7(10)5-4-6-9;6-4-5-2-1-3-7-5;5-2-1-3(6)9-4(7)8-2;1-2/h7-8,10-11H,9,12-17H2,1-6H3;1-6,9-10H,7-8,11-12H2,(H,22,23)(H2,21,24,25);1-6,9,16H,7-8,10-11H2,(H,17,18);4-7H,8-11H2,1-3H3;1-4H,5-7,11H2,(H,12,13);1-4H,5H2,(H,10,11);9H,4-6H2,1-3H3;1-4H;1H,(H2,7,8,9);1H3/i;;;;;;;;;1D. The quantitative estimate of drug-likeness (QED) is 0.00429. The lowest BCUT2D eigenvalue weighted by molar-refractivity contribution is -0.156. The summed E-state index contributed by atoms with van der Waals surface area (Å²) in [5, 5.41) is 18.6. The second-order valence-corrected chi connectivity index (χ2v) is 53.4. The molecule has 0 aliphatic rings. The summed E-state index contributed by atoms with van der Waals surface area (Å²) in [5.41, 5.74) is 27.5. The Morgan fingerprint density at radius 3 is 1.30 bits per heavy atom. The topological polar surface area (TPSA) is 441 Å². The Balaban J connectivity index is 0.000000212. The Hall–Kier alpha value is -11.1. The number of hydrogen-bond acceptors (Lipinski definition) is 30. The van der Waals surface area contributed by atoms with Crippen molar-refractivity contribution < 1.29 is 63.1 Å². The number of aromatic nitrogens is 16. The van der Waals surface area contributed by atoms with E-state index in [4.69, 9.17) is 125 Å². The number of ether oxygens (including phenoxy) is 8. The highest BCUT2D eigenvalue weighted by Crippen LogP contribution is 2.26. The summed E-state index contributed by atoms with van der Waals surface area (Å²) in [6.45, 7) is 35.5. The van der Waals surface area contributed by atoms with E-state index in [0.717, 1.165) is 145 Å². The second kappa shape index (κ2) is 66.6. The highest BCUT2D eigenvalue weighted by atomic mass is 35.5. The molecule has 0 unspecified atom stereocenters. The van der Waals surface area contributed by atoms with E-state index >= 15 is 0 Å². The average Bonchev–Trinajstić information content (AvgIpc) is 1.66. The number of fused-ring (bicyclic) bond motifs is 6. The number of thiophene rings is 3. The molecule has 0 aliphatic carbocycles. The maximum absolute atomic E-state index is 11.8. The van der Waals surface area contributed by atoms with Gasteiger partial charge >= 0.3 is 11.9 Å². The van der Waals surface area contributed by atoms with Crippen LogP contribution in [0.3, 0.4) is 0 Å². The van der Waals surface area contributed by atoms with Crippen LogP contribution in [0.1, 0.15) is 123 Å². The predicted octanol–water partition coefficient (Wildman–Crippen LogP) is 23.8. The zero-order chi connectivity index (χ0) is 109. The number of H-pyrrole nitrogens is 4. The summed E-state index contributed by atoms with van der Waals surface area (Å²) < 4.78 is 64.2. The van der Waals surface area contributed by atoms with Crippen molar-refractivity contribution in [3.05, 3.63) is 275 Å². The molecule has 0 fully saturated rings. The molecular formula is C106H139Cl5FN21O12S3Si2. The van der Waals surface area contributed by atoms with Gasteiger partial charge in [-0.3, -0.25) is 18.8 Å². The molecule has 11 heterocycles. The Kier molecular flexibility index (Phi) is 54.4. The van der Waals surface area contributed by atoms with Gasteiger partial charge in [0.15, 0.2) is 6.29 Å². The number of aliphatic hydroxyl groups is 1. The van der Waals surface area contributed by atoms with Crippen LogP contribution in [-0.4, -0.2) is 203 Å². The van der Waals surface area contributed by atoms with Gasteiger partial charge < -0.3 is 99.5 Å². The second-order valence-electron chi connectivity index (χ2n) is 37.4. The molecule has 0 aliphatic heterocycles. The summed E-state index contributed by atoms with van der Waals surface area (Å²) in [6, 6.07) is 65.2. The first kappa shape index (κ1) is 122. The van der Waals surface area contributed by atoms with Crippen LogP contribution in [0.25, 0.3) is 66.2 Å². The maximum atomic E-state index is 11.8. The summed E-state index contributed by atoms with van der Waals surface area (Å²) in [5.74, 6) is 6.41. The van der Waals surface area contributed by atoms with Gasteiger partial charge in [0.05, 0.1) is 118 Å². The fraction of sp³-hybridized carbons (Fsp3) is 0.387. The third-order valence-corrected chi connectivity index (χ3v) is 27.3. The SMILES string of the molecule is CC(C)(C)OC(=O)CCCO.CC(C)(C)OC(=O)CCCOCc1nc2ccccc2n1COCC[Si](C)(C)C.C[Si](C)(C)CCOCn1c(CCl)nc2ccccc21.ClCc1nc2ccccc2[nH]1.NCCOCc1nc2ccccc2[nH]1.Nc1nc(Cl)cc(Cl)n1.Nc1nc(Cl)cc(N(CCOCc2nc3ccccc3[nH]2)Cc2cccs2)n1.O=Cc1cccs1.[2H]CF.c1csc(CNCCOCc2nc3ccccc3[nH]2)c1. The number of aromatic amines is 4. The molecule has 11 aromatic heterocycles. The first-order valence-electron chi connectivity index (χ1n) is 49.2. The van der Waals surface area contributed by atoms with Crippen LogP contribution in [0.5, 0.6) is 0 Å². The molecule has 0 saturated heterocycles. The van der Waals surface area contributed by atoms with Crippen molar-refractivity contribution in [3.8, 4) is 0 Å². The van der Waals surface area contributed by atoms with Crippen molar-refractivity contribution in [1.29, 1.82) is 0 Å². The van der Waals surface area contributed by atoms with Gasteiger partial charge in [-0.25, -0.2) is 44.9 Å². The van der Waals surface area contributed by atoms with E-state index in [0.29, 0.717) is 134 Å². The van der Waals surface area contributed by atoms with Crippen molar-refractivity contribution in [2.75, 3.05) is 89.4 Å². The highest BCUT2D eigenvalue weighted by Gasteiger charge is 2.21. The van der Waals surface area contributed by atoms with Crippen LogP contribution in [-0.2, 0) is 112 Å². The highest BCUT2D eigenvalue weighted by molar-refractivity contribution is 7.11. The number of nitrogen functional groups attached to an aromatic ring is 2. The molecular weight excluding hydrogens is 2110 g/mol. The van der Waals surface area contributed by atoms with Crippen LogP contribution >= 0.6 is 92.0 Å².